The Morgan fingerprint density at radius 1 is 1.10 bits per heavy atom. The number of thiophene rings is 1. The number of H-pyrrole nitrogens is 1. The lowest BCUT2D eigenvalue weighted by Gasteiger charge is -2.37. The lowest BCUT2D eigenvalue weighted by Crippen LogP contribution is -2.40. The molecular formula is C24H22N2O3S. The van der Waals surface area contributed by atoms with Crippen molar-refractivity contribution in [3.63, 3.8) is 0 Å². The molecule has 1 aliphatic heterocycles. The number of fused-ring (bicyclic) bond motifs is 3. The Bertz CT molecular complexity index is 1210. The molecule has 0 saturated carbocycles. The van der Waals surface area contributed by atoms with Crippen LogP contribution in [-0.4, -0.2) is 36.6 Å². The van der Waals surface area contributed by atoms with Crippen LogP contribution in [-0.2, 0) is 6.42 Å². The van der Waals surface area contributed by atoms with E-state index in [0.29, 0.717) is 23.6 Å². The van der Waals surface area contributed by atoms with Gasteiger partial charge in [0.15, 0.2) is 11.5 Å². The molecule has 3 heterocycles. The Labute approximate surface area is 178 Å². The molecule has 0 radical (unpaired) electrons. The predicted molar refractivity (Wildman–Crippen MR) is 119 cm³/mol. The second kappa shape index (κ2) is 7.54. The molecule has 30 heavy (non-hydrogen) atoms. The Balaban J connectivity index is 1.73. The van der Waals surface area contributed by atoms with Crippen molar-refractivity contribution in [2.24, 2.45) is 0 Å². The van der Waals surface area contributed by atoms with Crippen molar-refractivity contribution in [1.82, 2.24) is 9.88 Å². The zero-order chi connectivity index (χ0) is 20.7. The van der Waals surface area contributed by atoms with Crippen LogP contribution in [0.4, 0.5) is 0 Å². The van der Waals surface area contributed by atoms with E-state index in [4.69, 9.17) is 9.47 Å². The number of carbonyl (C=O) groups is 1. The fourth-order valence-corrected chi connectivity index (χ4v) is 5.09. The molecule has 0 spiro atoms. The zero-order valence-electron chi connectivity index (χ0n) is 16.8. The minimum Gasteiger partial charge on any atom is -0.493 e. The summed E-state index contributed by atoms with van der Waals surface area (Å²) in [5, 5.41) is 5.05. The second-order valence-corrected chi connectivity index (χ2v) is 8.09. The molecular weight excluding hydrogens is 396 g/mol. The number of nitrogens with zero attached hydrogens (tertiary/aromatic N) is 1. The van der Waals surface area contributed by atoms with Gasteiger partial charge in [0.05, 0.1) is 19.8 Å². The van der Waals surface area contributed by atoms with Crippen molar-refractivity contribution in [3.8, 4) is 11.5 Å². The molecule has 1 aliphatic rings. The number of amides is 1. The highest BCUT2D eigenvalue weighted by atomic mass is 32.1. The van der Waals surface area contributed by atoms with Gasteiger partial charge in [-0.2, -0.15) is 11.3 Å². The summed E-state index contributed by atoms with van der Waals surface area (Å²) in [7, 11) is 3.27. The molecule has 0 fully saturated rings. The van der Waals surface area contributed by atoms with Gasteiger partial charge in [-0.05, 0) is 35.6 Å². The average molecular weight is 419 g/mol. The third-order valence-corrected chi connectivity index (χ3v) is 6.47. The molecule has 0 bridgehead atoms. The van der Waals surface area contributed by atoms with E-state index >= 15 is 0 Å². The van der Waals surface area contributed by atoms with Gasteiger partial charge in [0.2, 0.25) is 0 Å². The molecule has 1 atom stereocenters. The summed E-state index contributed by atoms with van der Waals surface area (Å²) in [6.07, 6.45) is 0.804. The summed E-state index contributed by atoms with van der Waals surface area (Å²) in [5.74, 6) is 1.33. The van der Waals surface area contributed by atoms with Crippen molar-refractivity contribution in [3.05, 3.63) is 81.7 Å². The topological polar surface area (TPSA) is 54.6 Å². The van der Waals surface area contributed by atoms with Crippen LogP contribution in [0.5, 0.6) is 11.5 Å². The first-order valence-corrected chi connectivity index (χ1v) is 10.8. The van der Waals surface area contributed by atoms with E-state index in [9.17, 15) is 4.79 Å². The lowest BCUT2D eigenvalue weighted by atomic mass is 9.91. The Morgan fingerprint density at radius 3 is 2.73 bits per heavy atom. The van der Waals surface area contributed by atoms with E-state index in [1.165, 1.54) is 22.3 Å². The summed E-state index contributed by atoms with van der Waals surface area (Å²) >= 11 is 1.53. The summed E-state index contributed by atoms with van der Waals surface area (Å²) in [5.41, 5.74) is 5.01. The van der Waals surface area contributed by atoms with Gasteiger partial charge in [-0.15, -0.1) is 0 Å². The number of benzene rings is 2. The molecule has 5 rings (SSSR count). The van der Waals surface area contributed by atoms with Crippen LogP contribution in [0.2, 0.25) is 0 Å². The highest BCUT2D eigenvalue weighted by Crippen LogP contribution is 2.44. The first kappa shape index (κ1) is 18.8. The smallest absolute Gasteiger partial charge is 0.255 e. The monoisotopic (exact) mass is 418 g/mol. The maximum atomic E-state index is 13.5. The number of aromatic amines is 1. The summed E-state index contributed by atoms with van der Waals surface area (Å²) in [6, 6.07) is 15.7. The standard InChI is InChI=1S/C24H22N2O3S/c1-28-20-9-5-7-18(23(20)29-2)22-21-17(16-6-3-4-8-19(16)25-21)10-12-26(22)24(27)15-11-13-30-14-15/h3-9,11,13-14,22,25H,10,12H2,1-2H3. The van der Waals surface area contributed by atoms with Crippen molar-refractivity contribution in [1.29, 1.82) is 0 Å². The van der Waals surface area contributed by atoms with Crippen molar-refractivity contribution < 1.29 is 14.3 Å². The number of aromatic nitrogens is 1. The average Bonchev–Trinajstić information content (AvgIpc) is 3.45. The fourth-order valence-electron chi connectivity index (χ4n) is 4.46. The normalized spacial score (nSPS) is 15.8. The first-order valence-electron chi connectivity index (χ1n) is 9.86. The molecule has 2 aromatic carbocycles. The Kier molecular flexibility index (Phi) is 4.71. The zero-order valence-corrected chi connectivity index (χ0v) is 17.7. The minimum atomic E-state index is -0.293. The van der Waals surface area contributed by atoms with Crippen LogP contribution in [0.3, 0.4) is 0 Å². The molecule has 4 aromatic rings. The van der Waals surface area contributed by atoms with Gasteiger partial charge in [-0.3, -0.25) is 4.79 Å². The second-order valence-electron chi connectivity index (χ2n) is 7.31. The van der Waals surface area contributed by atoms with Crippen LogP contribution >= 0.6 is 11.3 Å². The van der Waals surface area contributed by atoms with E-state index in [-0.39, 0.29) is 11.9 Å². The van der Waals surface area contributed by atoms with Crippen molar-refractivity contribution in [2.75, 3.05) is 20.8 Å². The molecule has 152 valence electrons. The highest BCUT2D eigenvalue weighted by molar-refractivity contribution is 7.08. The Hall–Kier alpha value is -3.25. The summed E-state index contributed by atoms with van der Waals surface area (Å²) < 4.78 is 11.3. The molecule has 1 amide bonds. The van der Waals surface area contributed by atoms with Crippen LogP contribution in [0.15, 0.2) is 59.3 Å². The van der Waals surface area contributed by atoms with Crippen LogP contribution < -0.4 is 9.47 Å². The Morgan fingerprint density at radius 2 is 1.97 bits per heavy atom. The number of rotatable bonds is 4. The number of hydrogen-bond donors (Lipinski definition) is 1. The van der Waals surface area contributed by atoms with Crippen LogP contribution in [0.1, 0.15) is 33.2 Å². The van der Waals surface area contributed by atoms with Gasteiger partial charge in [-0.25, -0.2) is 0 Å². The van der Waals surface area contributed by atoms with Crippen LogP contribution in [0, 0.1) is 0 Å². The van der Waals surface area contributed by atoms with Gasteiger partial charge in [0, 0.05) is 34.1 Å². The lowest BCUT2D eigenvalue weighted by molar-refractivity contribution is 0.0690. The molecule has 5 nitrogen and oxygen atoms in total. The number of ether oxygens (including phenoxy) is 2. The van der Waals surface area contributed by atoms with Gasteiger partial charge in [0.25, 0.3) is 5.91 Å². The largest absolute Gasteiger partial charge is 0.493 e. The van der Waals surface area contributed by atoms with Gasteiger partial charge >= 0.3 is 0 Å². The highest BCUT2D eigenvalue weighted by Gasteiger charge is 2.37. The van der Waals surface area contributed by atoms with Gasteiger partial charge < -0.3 is 19.4 Å². The molecule has 1 N–H and O–H groups in total. The first-order chi connectivity index (χ1) is 14.7. The predicted octanol–water partition coefficient (Wildman–Crippen LogP) is 5.03. The van der Waals surface area contributed by atoms with E-state index in [1.807, 2.05) is 46.0 Å². The molecule has 0 saturated heterocycles. The number of methoxy groups -OCH3 is 2. The van der Waals surface area contributed by atoms with E-state index < -0.39 is 0 Å². The van der Waals surface area contributed by atoms with Gasteiger partial charge in [0.1, 0.15) is 6.04 Å². The number of para-hydroxylation sites is 2. The number of carbonyl (C=O) groups excluding carboxylic acids is 1. The number of hydrogen-bond acceptors (Lipinski definition) is 4. The van der Waals surface area contributed by atoms with Crippen LogP contribution in [0.25, 0.3) is 10.9 Å². The quantitative estimate of drug-likeness (QED) is 0.505. The van der Waals surface area contributed by atoms with E-state index in [0.717, 1.165) is 23.2 Å². The maximum Gasteiger partial charge on any atom is 0.255 e. The third kappa shape index (κ3) is 2.87. The van der Waals surface area contributed by atoms with E-state index in [2.05, 4.69) is 23.2 Å². The SMILES string of the molecule is COc1cccc(C2c3[nH]c4ccccc4c3CCN2C(=O)c2ccsc2)c1OC. The maximum absolute atomic E-state index is 13.5. The van der Waals surface area contributed by atoms with Crippen molar-refractivity contribution in [2.45, 2.75) is 12.5 Å². The summed E-state index contributed by atoms with van der Waals surface area (Å²) in [6.45, 7) is 0.633. The number of nitrogens with one attached hydrogen (secondary N) is 1. The minimum absolute atomic E-state index is 0.0235. The molecule has 1 unspecified atom stereocenters. The molecule has 0 aliphatic carbocycles. The third-order valence-electron chi connectivity index (χ3n) is 5.79. The molecule has 2 aromatic heterocycles. The summed E-state index contributed by atoms with van der Waals surface area (Å²) in [4.78, 5) is 19.0. The van der Waals surface area contributed by atoms with E-state index in [1.54, 1.807) is 14.2 Å². The van der Waals surface area contributed by atoms with Gasteiger partial charge in [-0.1, -0.05) is 30.3 Å². The fraction of sp³-hybridized carbons (Fsp3) is 0.208. The van der Waals surface area contributed by atoms with Crippen molar-refractivity contribution >= 4 is 28.1 Å². The molecule has 6 heteroatoms.